The third kappa shape index (κ3) is 5.45. The lowest BCUT2D eigenvalue weighted by Crippen LogP contribution is -2.44. The van der Waals surface area contributed by atoms with Crippen LogP contribution in [-0.2, 0) is 9.59 Å². The van der Waals surface area contributed by atoms with Crippen molar-refractivity contribution in [1.29, 1.82) is 0 Å². The Labute approximate surface area is 173 Å². The summed E-state index contributed by atoms with van der Waals surface area (Å²) in [7, 11) is 0. The molecule has 1 aromatic carbocycles. The molecule has 0 aliphatic carbocycles. The second-order valence-corrected chi connectivity index (χ2v) is 9.34. The zero-order valence-electron chi connectivity index (χ0n) is 16.1. The van der Waals surface area contributed by atoms with Gasteiger partial charge in [0.05, 0.1) is 11.7 Å². The third-order valence-electron chi connectivity index (χ3n) is 4.73. The van der Waals surface area contributed by atoms with Gasteiger partial charge in [-0.25, -0.2) is 0 Å². The summed E-state index contributed by atoms with van der Waals surface area (Å²) < 4.78 is 0.734. The molecule has 28 heavy (non-hydrogen) atoms. The number of carbonyl (C=O) groups excluding carboxylic acids is 2. The van der Waals surface area contributed by atoms with Gasteiger partial charge >= 0.3 is 0 Å². The maximum Gasteiger partial charge on any atom is 0.233 e. The summed E-state index contributed by atoms with van der Waals surface area (Å²) in [4.78, 5) is 25.5. The Kier molecular flexibility index (Phi) is 6.90. The summed E-state index contributed by atoms with van der Waals surface area (Å²) in [6.45, 7) is 5.42. The normalized spacial score (nSPS) is 17.0. The van der Waals surface area contributed by atoms with Gasteiger partial charge in [-0.15, -0.1) is 10.2 Å². The lowest BCUT2D eigenvalue weighted by atomic mass is 9.97. The van der Waals surface area contributed by atoms with Gasteiger partial charge in [0.25, 0.3) is 0 Å². The number of aromatic nitrogens is 2. The Morgan fingerprint density at radius 3 is 2.75 bits per heavy atom. The van der Waals surface area contributed by atoms with E-state index >= 15 is 0 Å². The van der Waals surface area contributed by atoms with E-state index in [0.29, 0.717) is 24.1 Å². The molecule has 1 fully saturated rings. The SMILES string of the molecule is CC(C)c1ccc(Nc2nnc(SCC(=O)N3CCC[C@@H](C(N)=O)C3)s2)cc1. The fraction of sp³-hybridized carbons (Fsp3) is 0.474. The summed E-state index contributed by atoms with van der Waals surface area (Å²) in [5, 5.41) is 12.2. The van der Waals surface area contributed by atoms with Crippen molar-refractivity contribution in [2.75, 3.05) is 24.2 Å². The van der Waals surface area contributed by atoms with Gasteiger partial charge < -0.3 is 16.0 Å². The standard InChI is InChI=1S/C19H25N5O2S2/c1-12(2)13-5-7-15(8-6-13)21-18-22-23-19(28-18)27-11-16(25)24-9-3-4-14(10-24)17(20)26/h5-8,12,14H,3-4,9-11H2,1-2H3,(H2,20,26)(H,21,22)/t14-/m1/s1. The summed E-state index contributed by atoms with van der Waals surface area (Å²) in [5.41, 5.74) is 7.62. The molecule has 0 spiro atoms. The molecule has 7 nitrogen and oxygen atoms in total. The molecule has 0 bridgehead atoms. The zero-order chi connectivity index (χ0) is 20.1. The minimum absolute atomic E-state index is 0.00457. The van der Waals surface area contributed by atoms with Crippen LogP contribution in [0.25, 0.3) is 0 Å². The molecule has 0 radical (unpaired) electrons. The Morgan fingerprint density at radius 1 is 1.32 bits per heavy atom. The Hall–Kier alpha value is -2.13. The van der Waals surface area contributed by atoms with E-state index in [0.717, 1.165) is 22.9 Å². The molecule has 0 unspecified atom stereocenters. The number of hydrogen-bond acceptors (Lipinski definition) is 7. The first-order chi connectivity index (χ1) is 13.4. The highest BCUT2D eigenvalue weighted by Gasteiger charge is 2.27. The van der Waals surface area contributed by atoms with Gasteiger partial charge in [0.2, 0.25) is 16.9 Å². The summed E-state index contributed by atoms with van der Waals surface area (Å²) in [6.07, 6.45) is 1.57. The van der Waals surface area contributed by atoms with E-state index in [2.05, 4.69) is 41.5 Å². The van der Waals surface area contributed by atoms with Crippen molar-refractivity contribution in [3.63, 3.8) is 0 Å². The first-order valence-corrected chi connectivity index (χ1v) is 11.1. The van der Waals surface area contributed by atoms with Crippen molar-refractivity contribution in [1.82, 2.24) is 15.1 Å². The first-order valence-electron chi connectivity index (χ1n) is 9.32. The van der Waals surface area contributed by atoms with Crippen molar-refractivity contribution < 1.29 is 9.59 Å². The second kappa shape index (κ2) is 9.38. The van der Waals surface area contributed by atoms with E-state index in [-0.39, 0.29) is 23.5 Å². The van der Waals surface area contributed by atoms with Crippen LogP contribution in [0.2, 0.25) is 0 Å². The molecular weight excluding hydrogens is 394 g/mol. The number of hydrogen-bond donors (Lipinski definition) is 2. The number of benzene rings is 1. The maximum atomic E-state index is 12.4. The van der Waals surface area contributed by atoms with Crippen LogP contribution in [0, 0.1) is 5.92 Å². The summed E-state index contributed by atoms with van der Waals surface area (Å²) >= 11 is 2.78. The van der Waals surface area contributed by atoms with Crippen LogP contribution in [0.3, 0.4) is 0 Å². The smallest absolute Gasteiger partial charge is 0.233 e. The number of carbonyl (C=O) groups is 2. The number of likely N-dealkylation sites (tertiary alicyclic amines) is 1. The van der Waals surface area contributed by atoms with Crippen molar-refractivity contribution in [2.24, 2.45) is 11.7 Å². The molecule has 9 heteroatoms. The topological polar surface area (TPSA) is 101 Å². The Bertz CT molecular complexity index is 822. The molecule has 1 aliphatic heterocycles. The average molecular weight is 420 g/mol. The number of amides is 2. The number of anilines is 2. The number of piperidine rings is 1. The molecule has 1 aromatic heterocycles. The predicted octanol–water partition coefficient (Wildman–Crippen LogP) is 3.22. The van der Waals surface area contributed by atoms with Crippen LogP contribution >= 0.6 is 23.1 Å². The second-order valence-electron chi connectivity index (χ2n) is 7.14. The maximum absolute atomic E-state index is 12.4. The van der Waals surface area contributed by atoms with E-state index in [1.807, 2.05) is 12.1 Å². The molecule has 1 atom stereocenters. The van der Waals surface area contributed by atoms with Crippen LogP contribution in [0.15, 0.2) is 28.6 Å². The molecule has 2 amide bonds. The van der Waals surface area contributed by atoms with E-state index in [1.54, 1.807) is 4.90 Å². The molecule has 2 heterocycles. The molecule has 3 rings (SSSR count). The molecule has 2 aromatic rings. The monoisotopic (exact) mass is 419 g/mol. The van der Waals surface area contributed by atoms with Gasteiger partial charge in [-0.2, -0.15) is 0 Å². The molecule has 150 valence electrons. The van der Waals surface area contributed by atoms with E-state index in [9.17, 15) is 9.59 Å². The summed E-state index contributed by atoms with van der Waals surface area (Å²) in [6, 6.07) is 8.25. The van der Waals surface area contributed by atoms with Gasteiger partial charge in [-0.1, -0.05) is 49.1 Å². The molecule has 0 saturated carbocycles. The van der Waals surface area contributed by atoms with Gasteiger partial charge in [0.15, 0.2) is 4.34 Å². The van der Waals surface area contributed by atoms with Gasteiger partial charge in [-0.05, 0) is 36.5 Å². The third-order valence-corrected chi connectivity index (χ3v) is 6.69. The Morgan fingerprint density at radius 2 is 2.07 bits per heavy atom. The average Bonchev–Trinajstić information content (AvgIpc) is 3.14. The van der Waals surface area contributed by atoms with Crippen molar-refractivity contribution >= 4 is 45.7 Å². The van der Waals surface area contributed by atoms with Gasteiger partial charge in [-0.3, -0.25) is 9.59 Å². The van der Waals surface area contributed by atoms with E-state index in [4.69, 9.17) is 5.73 Å². The van der Waals surface area contributed by atoms with Crippen LogP contribution < -0.4 is 11.1 Å². The number of nitrogens with zero attached hydrogens (tertiary/aromatic N) is 3. The minimum atomic E-state index is -0.327. The highest BCUT2D eigenvalue weighted by atomic mass is 32.2. The molecule has 1 aliphatic rings. The predicted molar refractivity (Wildman–Crippen MR) is 113 cm³/mol. The van der Waals surface area contributed by atoms with E-state index in [1.165, 1.54) is 28.7 Å². The van der Waals surface area contributed by atoms with Gasteiger partial charge in [0.1, 0.15) is 0 Å². The van der Waals surface area contributed by atoms with Crippen LogP contribution in [0.1, 0.15) is 38.2 Å². The number of thioether (sulfide) groups is 1. The highest BCUT2D eigenvalue weighted by molar-refractivity contribution is 8.01. The fourth-order valence-electron chi connectivity index (χ4n) is 3.04. The largest absolute Gasteiger partial charge is 0.369 e. The highest BCUT2D eigenvalue weighted by Crippen LogP contribution is 2.29. The fourth-order valence-corrected chi connectivity index (χ4v) is 4.72. The lowest BCUT2D eigenvalue weighted by molar-refractivity contribution is -0.132. The molecule has 1 saturated heterocycles. The zero-order valence-corrected chi connectivity index (χ0v) is 17.7. The minimum Gasteiger partial charge on any atom is -0.369 e. The summed E-state index contributed by atoms with van der Waals surface area (Å²) in [5.74, 6) is 0.219. The quantitative estimate of drug-likeness (QED) is 0.668. The number of nitrogens with two attached hydrogens (primary N) is 1. The van der Waals surface area contributed by atoms with Crippen LogP contribution in [-0.4, -0.2) is 45.8 Å². The number of primary amides is 1. The lowest BCUT2D eigenvalue weighted by Gasteiger charge is -2.31. The van der Waals surface area contributed by atoms with Crippen molar-refractivity contribution in [2.45, 2.75) is 36.9 Å². The van der Waals surface area contributed by atoms with Crippen LogP contribution in [0.4, 0.5) is 10.8 Å². The van der Waals surface area contributed by atoms with Gasteiger partial charge in [0, 0.05) is 18.8 Å². The number of rotatable bonds is 7. The molecule has 3 N–H and O–H groups in total. The van der Waals surface area contributed by atoms with Crippen LogP contribution in [0.5, 0.6) is 0 Å². The van der Waals surface area contributed by atoms with E-state index < -0.39 is 0 Å². The number of nitrogens with one attached hydrogen (secondary N) is 1. The first kappa shape index (κ1) is 20.6. The molecular formula is C19H25N5O2S2. The van der Waals surface area contributed by atoms with Crippen molar-refractivity contribution in [3.05, 3.63) is 29.8 Å². The Balaban J connectivity index is 1.50. The van der Waals surface area contributed by atoms with Crippen molar-refractivity contribution in [3.8, 4) is 0 Å².